The van der Waals surface area contributed by atoms with E-state index in [4.69, 9.17) is 9.47 Å². The second kappa shape index (κ2) is 5.71. The van der Waals surface area contributed by atoms with Crippen LogP contribution in [0.15, 0.2) is 0 Å². The molecule has 6 nitrogen and oxygen atoms in total. The minimum atomic E-state index is -0.560. The first-order chi connectivity index (χ1) is 13.1. The van der Waals surface area contributed by atoms with Gasteiger partial charge in [0.1, 0.15) is 5.60 Å². The number of ether oxygens (including phenoxy) is 2. The molecule has 6 heteroatoms. The summed E-state index contributed by atoms with van der Waals surface area (Å²) >= 11 is 0. The molecule has 1 spiro atoms. The average molecular weight is 395 g/mol. The van der Waals surface area contributed by atoms with Crippen molar-refractivity contribution in [2.24, 2.45) is 34.0 Å². The van der Waals surface area contributed by atoms with Gasteiger partial charge in [-0.25, -0.2) is 0 Å². The van der Waals surface area contributed by atoms with E-state index in [1.54, 1.807) is 0 Å². The number of epoxide rings is 1. The second-order valence-corrected chi connectivity index (χ2v) is 10.9. The molecule has 0 aromatic carbocycles. The zero-order chi connectivity index (χ0) is 20.1. The van der Waals surface area contributed by atoms with Gasteiger partial charge in [-0.15, -0.1) is 0 Å². The number of carbonyl (C=O) groups excluding carboxylic acids is 1. The Morgan fingerprint density at radius 2 is 1.89 bits per heavy atom. The van der Waals surface area contributed by atoms with Crippen LogP contribution in [-0.4, -0.2) is 58.4 Å². The lowest BCUT2D eigenvalue weighted by Gasteiger charge is -2.66. The lowest BCUT2D eigenvalue weighted by Crippen LogP contribution is -2.66. The third-order valence-corrected chi connectivity index (χ3v) is 9.97. The summed E-state index contributed by atoms with van der Waals surface area (Å²) in [7, 11) is 0. The molecule has 3 N–H and O–H groups in total. The van der Waals surface area contributed by atoms with Crippen LogP contribution in [0.4, 0.5) is 0 Å². The Balaban J connectivity index is 1.53. The molecule has 10 atom stereocenters. The lowest BCUT2D eigenvalue weighted by atomic mass is 9.39. The van der Waals surface area contributed by atoms with Crippen molar-refractivity contribution in [3.05, 3.63) is 0 Å². The third-order valence-electron chi connectivity index (χ3n) is 9.97. The summed E-state index contributed by atoms with van der Waals surface area (Å²) in [4.78, 5) is 11.5. The molecule has 4 saturated carbocycles. The lowest BCUT2D eigenvalue weighted by molar-refractivity contribution is -0.242. The standard InChI is InChI=1S/C22H34O6/c1-12(24)27-11-20(3)15-8-17(26)21-9-13(22(10-23)18(21)28-22)4-5-14(21)19(15,2)7-6-16(20)25/h13-18,23,25-26H,4-11H2,1-3H3/t13-,14-,15+,16-,17+,18-,19+,20-,21-,22+/m1/s1. The summed E-state index contributed by atoms with van der Waals surface area (Å²) < 4.78 is 11.5. The van der Waals surface area contributed by atoms with Crippen LogP contribution in [-0.2, 0) is 14.3 Å². The summed E-state index contributed by atoms with van der Waals surface area (Å²) in [6.45, 7) is 6.00. The maximum atomic E-state index is 11.5. The largest absolute Gasteiger partial charge is 0.465 e. The predicted molar refractivity (Wildman–Crippen MR) is 100 cm³/mol. The van der Waals surface area contributed by atoms with Crippen molar-refractivity contribution in [1.29, 1.82) is 0 Å². The van der Waals surface area contributed by atoms with Gasteiger partial charge in [0.15, 0.2) is 0 Å². The van der Waals surface area contributed by atoms with Crippen LogP contribution in [0.1, 0.15) is 59.3 Å². The molecule has 0 aromatic heterocycles. The minimum absolute atomic E-state index is 0.0400. The van der Waals surface area contributed by atoms with Crippen LogP contribution in [0.5, 0.6) is 0 Å². The molecule has 0 amide bonds. The SMILES string of the molecule is CC(=O)OC[C@]1(C)[C@H]2C[C@H](O)[C@@]34C[C@@H](CC[C@@H]3[C@]2(C)CC[C@H]1O)[C@]1(CO)O[C@@H]14. The van der Waals surface area contributed by atoms with E-state index in [-0.39, 0.29) is 42.0 Å². The molecule has 0 unspecified atom stereocenters. The number of esters is 1. The van der Waals surface area contributed by atoms with E-state index in [1.807, 2.05) is 6.92 Å². The third kappa shape index (κ3) is 2.06. The number of fused-ring (bicyclic) bond motifs is 5. The van der Waals surface area contributed by atoms with Crippen LogP contribution < -0.4 is 0 Å². The van der Waals surface area contributed by atoms with Crippen molar-refractivity contribution < 1.29 is 29.6 Å². The molecule has 1 heterocycles. The molecule has 0 radical (unpaired) electrons. The molecule has 5 aliphatic rings. The van der Waals surface area contributed by atoms with Gasteiger partial charge in [0.25, 0.3) is 0 Å². The first-order valence-electron chi connectivity index (χ1n) is 10.9. The number of rotatable bonds is 3. The summed E-state index contributed by atoms with van der Waals surface area (Å²) in [6.07, 6.45) is 4.11. The fraction of sp³-hybridized carbons (Fsp3) is 0.955. The van der Waals surface area contributed by atoms with Gasteiger partial charge in [-0.1, -0.05) is 13.8 Å². The molecule has 5 rings (SSSR count). The van der Waals surface area contributed by atoms with Crippen molar-refractivity contribution in [2.75, 3.05) is 13.2 Å². The van der Waals surface area contributed by atoms with Crippen molar-refractivity contribution in [2.45, 2.75) is 83.2 Å². The van der Waals surface area contributed by atoms with Gasteiger partial charge in [-0.3, -0.25) is 4.79 Å². The first-order valence-corrected chi connectivity index (χ1v) is 10.9. The predicted octanol–water partition coefficient (Wildman–Crippen LogP) is 1.64. The van der Waals surface area contributed by atoms with E-state index in [1.165, 1.54) is 6.92 Å². The van der Waals surface area contributed by atoms with Gasteiger partial charge in [0.05, 0.1) is 31.5 Å². The molecule has 5 fully saturated rings. The Labute approximate surface area is 166 Å². The van der Waals surface area contributed by atoms with E-state index in [0.29, 0.717) is 24.7 Å². The van der Waals surface area contributed by atoms with Crippen molar-refractivity contribution in [3.8, 4) is 0 Å². The molecule has 2 bridgehead atoms. The Morgan fingerprint density at radius 3 is 2.57 bits per heavy atom. The number of aliphatic hydroxyl groups excluding tert-OH is 3. The molecule has 0 aromatic rings. The number of hydrogen-bond acceptors (Lipinski definition) is 6. The summed E-state index contributed by atoms with van der Waals surface area (Å²) in [5.41, 5.74) is -1.30. The minimum Gasteiger partial charge on any atom is -0.465 e. The number of carbonyl (C=O) groups is 1. The Hall–Kier alpha value is -0.690. The smallest absolute Gasteiger partial charge is 0.302 e. The quantitative estimate of drug-likeness (QED) is 0.497. The van der Waals surface area contributed by atoms with Crippen LogP contribution in [0.2, 0.25) is 0 Å². The fourth-order valence-electron chi connectivity index (χ4n) is 8.60. The van der Waals surface area contributed by atoms with E-state index in [9.17, 15) is 20.1 Å². The molecular weight excluding hydrogens is 360 g/mol. The van der Waals surface area contributed by atoms with Gasteiger partial charge < -0.3 is 24.8 Å². The first kappa shape index (κ1) is 19.3. The number of hydrogen-bond donors (Lipinski definition) is 3. The van der Waals surface area contributed by atoms with Crippen molar-refractivity contribution in [3.63, 3.8) is 0 Å². The molecule has 1 saturated heterocycles. The summed E-state index contributed by atoms with van der Waals surface area (Å²) in [5.74, 6) is 0.391. The highest BCUT2D eigenvalue weighted by atomic mass is 16.6. The highest BCUT2D eigenvalue weighted by Crippen LogP contribution is 2.77. The van der Waals surface area contributed by atoms with Crippen molar-refractivity contribution in [1.82, 2.24) is 0 Å². The molecule has 158 valence electrons. The maximum absolute atomic E-state index is 11.5. The topological polar surface area (TPSA) is 99.5 Å². The monoisotopic (exact) mass is 394 g/mol. The molecule has 28 heavy (non-hydrogen) atoms. The van der Waals surface area contributed by atoms with Gasteiger partial charge >= 0.3 is 5.97 Å². The second-order valence-electron chi connectivity index (χ2n) is 10.9. The van der Waals surface area contributed by atoms with Crippen LogP contribution in [0.3, 0.4) is 0 Å². The van der Waals surface area contributed by atoms with E-state index in [2.05, 4.69) is 6.92 Å². The normalized spacial score (nSPS) is 59.1. The summed E-state index contributed by atoms with van der Waals surface area (Å²) in [5, 5.41) is 32.4. The van der Waals surface area contributed by atoms with Crippen LogP contribution in [0.25, 0.3) is 0 Å². The van der Waals surface area contributed by atoms with Crippen molar-refractivity contribution >= 4 is 5.97 Å². The van der Waals surface area contributed by atoms with E-state index < -0.39 is 23.2 Å². The van der Waals surface area contributed by atoms with Gasteiger partial charge in [-0.2, -0.15) is 0 Å². The summed E-state index contributed by atoms with van der Waals surface area (Å²) in [6, 6.07) is 0. The number of aliphatic hydroxyl groups is 3. The molecule has 1 aliphatic heterocycles. The zero-order valence-corrected chi connectivity index (χ0v) is 17.2. The molecule has 4 aliphatic carbocycles. The average Bonchev–Trinajstić information content (AvgIpc) is 3.38. The maximum Gasteiger partial charge on any atom is 0.302 e. The highest BCUT2D eigenvalue weighted by Gasteiger charge is 2.82. The highest BCUT2D eigenvalue weighted by molar-refractivity contribution is 5.65. The van der Waals surface area contributed by atoms with Gasteiger partial charge in [0.2, 0.25) is 0 Å². The van der Waals surface area contributed by atoms with E-state index in [0.717, 1.165) is 25.7 Å². The Bertz CT molecular complexity index is 697. The Morgan fingerprint density at radius 1 is 1.14 bits per heavy atom. The zero-order valence-electron chi connectivity index (χ0n) is 17.2. The fourth-order valence-corrected chi connectivity index (χ4v) is 8.60. The molecular formula is C22H34O6. The van der Waals surface area contributed by atoms with Gasteiger partial charge in [-0.05, 0) is 61.7 Å². The Kier molecular flexibility index (Phi) is 3.94. The van der Waals surface area contributed by atoms with Crippen LogP contribution >= 0.6 is 0 Å². The van der Waals surface area contributed by atoms with E-state index >= 15 is 0 Å². The van der Waals surface area contributed by atoms with Crippen LogP contribution in [0, 0.1) is 34.0 Å². The van der Waals surface area contributed by atoms with Gasteiger partial charge in [0, 0.05) is 17.8 Å².